The minimum atomic E-state index is -4.86. The summed E-state index contributed by atoms with van der Waals surface area (Å²) < 4.78 is 56.7. The number of benzene rings is 3. The Kier molecular flexibility index (Phi) is 8.34. The number of aliphatic carboxylic acids is 1. The third kappa shape index (κ3) is 6.27. The molecular formula is C29H23BrF4N2O3. The fourth-order valence-electron chi connectivity index (χ4n) is 4.65. The van der Waals surface area contributed by atoms with Gasteiger partial charge in [0.1, 0.15) is 5.82 Å². The van der Waals surface area contributed by atoms with Crippen LogP contribution in [0.25, 0.3) is 22.2 Å². The van der Waals surface area contributed by atoms with E-state index in [-0.39, 0.29) is 12.0 Å². The van der Waals surface area contributed by atoms with E-state index >= 15 is 0 Å². The van der Waals surface area contributed by atoms with Crippen LogP contribution in [0.15, 0.2) is 71.2 Å². The quantitative estimate of drug-likeness (QED) is 0.205. The Balaban J connectivity index is 1.76. The highest BCUT2D eigenvalue weighted by atomic mass is 79.9. The summed E-state index contributed by atoms with van der Waals surface area (Å²) in [5.74, 6) is -4.20. The van der Waals surface area contributed by atoms with E-state index in [4.69, 9.17) is 10.1 Å². The van der Waals surface area contributed by atoms with Gasteiger partial charge in [0, 0.05) is 39.9 Å². The highest BCUT2D eigenvalue weighted by Crippen LogP contribution is 2.38. The van der Waals surface area contributed by atoms with Gasteiger partial charge in [0.2, 0.25) is 0 Å². The van der Waals surface area contributed by atoms with Crippen molar-refractivity contribution < 1.29 is 32.3 Å². The lowest BCUT2D eigenvalue weighted by Gasteiger charge is -2.23. The number of carboxylic acid groups (broad SMARTS) is 1. The first-order valence-electron chi connectivity index (χ1n) is 12.0. The maximum atomic E-state index is 14.8. The Morgan fingerprint density at radius 3 is 2.44 bits per heavy atom. The number of fused-ring (bicyclic) bond motifs is 1. The van der Waals surface area contributed by atoms with Gasteiger partial charge in [-0.3, -0.25) is 9.59 Å². The number of pyridine rings is 1. The number of nitrogens with zero attached hydrogens (tertiary/aromatic N) is 1. The molecule has 0 fully saturated rings. The van der Waals surface area contributed by atoms with Crippen LogP contribution in [0.4, 0.5) is 17.6 Å². The summed E-state index contributed by atoms with van der Waals surface area (Å²) in [6, 6.07) is 17.0. The first kappa shape index (κ1) is 28.2. The van der Waals surface area contributed by atoms with Gasteiger partial charge in [-0.05, 0) is 49.2 Å². The average Bonchev–Trinajstić information content (AvgIpc) is 2.88. The molecular weight excluding hydrogens is 580 g/mol. The average molecular weight is 603 g/mol. The molecule has 10 heteroatoms. The minimum absolute atomic E-state index is 0.265. The Morgan fingerprint density at radius 1 is 1.05 bits per heavy atom. The van der Waals surface area contributed by atoms with Crippen molar-refractivity contribution in [2.24, 2.45) is 0 Å². The van der Waals surface area contributed by atoms with E-state index in [0.717, 1.165) is 23.8 Å². The predicted molar refractivity (Wildman–Crippen MR) is 143 cm³/mol. The lowest BCUT2D eigenvalue weighted by molar-refractivity contribution is -0.138. The first-order chi connectivity index (χ1) is 18.5. The summed E-state index contributed by atoms with van der Waals surface area (Å²) >= 11 is 3.40. The van der Waals surface area contributed by atoms with Crippen molar-refractivity contribution in [1.29, 1.82) is 0 Å². The molecule has 0 spiro atoms. The van der Waals surface area contributed by atoms with E-state index in [2.05, 4.69) is 21.2 Å². The van der Waals surface area contributed by atoms with Gasteiger partial charge in [-0.15, -0.1) is 0 Å². The number of carboxylic acids is 1. The summed E-state index contributed by atoms with van der Waals surface area (Å²) in [7, 11) is 0. The molecule has 202 valence electrons. The van der Waals surface area contributed by atoms with Gasteiger partial charge >= 0.3 is 12.1 Å². The van der Waals surface area contributed by atoms with Gasteiger partial charge in [-0.25, -0.2) is 9.37 Å². The third-order valence-corrected chi connectivity index (χ3v) is 6.94. The SMILES string of the molecule is Cc1c(-c2ccccc2)nc2ccc(Br)cc2c1C(=O)NC[C@H](CCC(=O)O)c1c(F)cccc1C(F)(F)F. The van der Waals surface area contributed by atoms with Crippen LogP contribution in [0.1, 0.15) is 45.8 Å². The summed E-state index contributed by atoms with van der Waals surface area (Å²) in [6.45, 7) is 1.32. The van der Waals surface area contributed by atoms with E-state index in [1.165, 1.54) is 0 Å². The van der Waals surface area contributed by atoms with Crippen LogP contribution in [0, 0.1) is 12.7 Å². The molecule has 0 radical (unpaired) electrons. The van der Waals surface area contributed by atoms with Crippen molar-refractivity contribution in [3.8, 4) is 11.3 Å². The molecule has 0 saturated carbocycles. The van der Waals surface area contributed by atoms with Gasteiger partial charge in [0.15, 0.2) is 0 Å². The number of alkyl halides is 3. The Labute approximate surface area is 230 Å². The van der Waals surface area contributed by atoms with Crippen molar-refractivity contribution in [1.82, 2.24) is 10.3 Å². The summed E-state index contributed by atoms with van der Waals surface area (Å²) in [4.78, 5) is 29.6. The Morgan fingerprint density at radius 2 is 1.77 bits per heavy atom. The van der Waals surface area contributed by atoms with E-state index in [0.29, 0.717) is 26.6 Å². The van der Waals surface area contributed by atoms with Crippen molar-refractivity contribution >= 4 is 38.7 Å². The molecule has 2 N–H and O–H groups in total. The van der Waals surface area contributed by atoms with Gasteiger partial charge in [0.25, 0.3) is 5.91 Å². The molecule has 0 bridgehead atoms. The highest BCUT2D eigenvalue weighted by Gasteiger charge is 2.37. The number of hydrogen-bond donors (Lipinski definition) is 2. The first-order valence-corrected chi connectivity index (χ1v) is 12.8. The predicted octanol–water partition coefficient (Wildman–Crippen LogP) is 7.51. The number of aromatic nitrogens is 1. The van der Waals surface area contributed by atoms with Crippen LogP contribution in [0.3, 0.4) is 0 Å². The highest BCUT2D eigenvalue weighted by molar-refractivity contribution is 9.10. The lowest BCUT2D eigenvalue weighted by Crippen LogP contribution is -2.31. The molecule has 1 heterocycles. The molecule has 1 amide bonds. The second kappa shape index (κ2) is 11.5. The zero-order chi connectivity index (χ0) is 28.3. The zero-order valence-corrected chi connectivity index (χ0v) is 22.2. The van der Waals surface area contributed by atoms with Crippen LogP contribution in [0.5, 0.6) is 0 Å². The van der Waals surface area contributed by atoms with Crippen molar-refractivity contribution in [3.63, 3.8) is 0 Å². The molecule has 0 aliphatic rings. The number of carbonyl (C=O) groups is 2. The standard InChI is InChI=1S/C29H23BrF4N2O3/c1-16-25(20-14-19(30)11-12-23(20)36-27(16)17-6-3-2-4-7-17)28(39)35-15-18(10-13-24(37)38)26-21(29(32,33)34)8-5-9-22(26)31/h2-9,11-12,14,18H,10,13,15H2,1H3,(H,35,39)(H,37,38)/t18-/m0/s1. The number of amides is 1. The molecule has 5 nitrogen and oxygen atoms in total. The van der Waals surface area contributed by atoms with Crippen molar-refractivity contribution in [2.75, 3.05) is 6.54 Å². The van der Waals surface area contributed by atoms with Crippen molar-refractivity contribution in [3.05, 3.63) is 99.3 Å². The monoisotopic (exact) mass is 602 g/mol. The number of nitrogens with one attached hydrogen (secondary N) is 1. The number of halogens is 5. The van der Waals surface area contributed by atoms with Gasteiger partial charge in [-0.2, -0.15) is 13.2 Å². The molecule has 4 rings (SSSR count). The normalized spacial score (nSPS) is 12.4. The van der Waals surface area contributed by atoms with Crippen LogP contribution >= 0.6 is 15.9 Å². The fourth-order valence-corrected chi connectivity index (χ4v) is 5.01. The molecule has 0 aliphatic heterocycles. The largest absolute Gasteiger partial charge is 0.481 e. The Bertz CT molecular complexity index is 1540. The van der Waals surface area contributed by atoms with Crippen LogP contribution in [-0.2, 0) is 11.0 Å². The minimum Gasteiger partial charge on any atom is -0.481 e. The Hall–Kier alpha value is -3.79. The topological polar surface area (TPSA) is 79.3 Å². The number of rotatable bonds is 8. The van der Waals surface area contributed by atoms with Crippen LogP contribution in [-0.4, -0.2) is 28.5 Å². The number of hydrogen-bond acceptors (Lipinski definition) is 3. The summed E-state index contributed by atoms with van der Waals surface area (Å²) in [5.41, 5.74) is 0.808. The second-order valence-corrected chi connectivity index (χ2v) is 9.94. The lowest BCUT2D eigenvalue weighted by atomic mass is 9.89. The van der Waals surface area contributed by atoms with Gasteiger partial charge in [-0.1, -0.05) is 52.3 Å². The second-order valence-electron chi connectivity index (χ2n) is 9.03. The molecule has 0 unspecified atom stereocenters. The molecule has 39 heavy (non-hydrogen) atoms. The zero-order valence-electron chi connectivity index (χ0n) is 20.7. The van der Waals surface area contributed by atoms with Gasteiger partial charge in [0.05, 0.1) is 22.3 Å². The molecule has 0 saturated heterocycles. The maximum absolute atomic E-state index is 14.8. The van der Waals surface area contributed by atoms with Crippen molar-refractivity contribution in [2.45, 2.75) is 31.9 Å². The maximum Gasteiger partial charge on any atom is 0.416 e. The van der Waals surface area contributed by atoms with Crippen LogP contribution < -0.4 is 5.32 Å². The summed E-state index contributed by atoms with van der Waals surface area (Å²) in [5, 5.41) is 12.3. The van der Waals surface area contributed by atoms with E-state index in [1.54, 1.807) is 25.1 Å². The van der Waals surface area contributed by atoms with E-state index in [9.17, 15) is 27.2 Å². The molecule has 0 aliphatic carbocycles. The molecule has 4 aromatic rings. The van der Waals surface area contributed by atoms with Gasteiger partial charge < -0.3 is 10.4 Å². The smallest absolute Gasteiger partial charge is 0.416 e. The van der Waals surface area contributed by atoms with E-state index in [1.807, 2.05) is 30.3 Å². The summed E-state index contributed by atoms with van der Waals surface area (Å²) in [6.07, 6.45) is -5.68. The third-order valence-electron chi connectivity index (χ3n) is 6.45. The number of carbonyl (C=O) groups excluding carboxylic acids is 1. The fraction of sp³-hybridized carbons (Fsp3) is 0.207. The molecule has 1 aromatic heterocycles. The van der Waals surface area contributed by atoms with Crippen LogP contribution in [0.2, 0.25) is 0 Å². The van der Waals surface area contributed by atoms with E-state index < -0.39 is 53.9 Å². The molecule has 1 atom stereocenters. The molecule has 3 aromatic carbocycles.